The van der Waals surface area contributed by atoms with Crippen LogP contribution in [0.2, 0.25) is 0 Å². The standard InChI is InChI=1S/C25H22N4O4S/c30-24-22(16-18-13-14-21(33-18)19-10-4-5-11-20(19)29(31)32)34-25(27-23-12-6-7-15-26-23)28(24)17-8-2-1-3-9-17/h4-7,10-17H,1-3,8-9H2/b22-16+,27-25+. The molecule has 8 nitrogen and oxygen atoms in total. The van der Waals surface area contributed by atoms with Gasteiger partial charge in [-0.3, -0.25) is 19.8 Å². The number of aromatic nitrogens is 1. The van der Waals surface area contributed by atoms with Crippen LogP contribution in [0.15, 0.2) is 75.1 Å². The van der Waals surface area contributed by atoms with Crippen molar-refractivity contribution in [3.8, 4) is 11.3 Å². The third kappa shape index (κ3) is 4.51. The molecule has 0 unspecified atom stereocenters. The molecule has 0 N–H and O–H groups in total. The van der Waals surface area contributed by atoms with Crippen molar-refractivity contribution >= 4 is 40.4 Å². The van der Waals surface area contributed by atoms with Gasteiger partial charge in [0.15, 0.2) is 11.0 Å². The quantitative estimate of drug-likeness (QED) is 0.248. The summed E-state index contributed by atoms with van der Waals surface area (Å²) >= 11 is 1.30. The number of benzene rings is 1. The molecular weight excluding hydrogens is 452 g/mol. The van der Waals surface area contributed by atoms with Crippen LogP contribution in [0.1, 0.15) is 37.9 Å². The second-order valence-corrected chi connectivity index (χ2v) is 9.15. The van der Waals surface area contributed by atoms with Gasteiger partial charge in [0.25, 0.3) is 11.6 Å². The number of nitro benzene ring substituents is 1. The fraction of sp³-hybridized carbons (Fsp3) is 0.240. The third-order valence-corrected chi connectivity index (χ3v) is 6.89. The maximum absolute atomic E-state index is 13.4. The van der Waals surface area contributed by atoms with Gasteiger partial charge in [0.2, 0.25) is 0 Å². The number of nitro groups is 1. The van der Waals surface area contributed by atoms with Crippen molar-refractivity contribution in [2.45, 2.75) is 38.1 Å². The molecule has 1 aliphatic carbocycles. The minimum absolute atomic E-state index is 0.0318. The summed E-state index contributed by atoms with van der Waals surface area (Å²) in [6.45, 7) is 0. The molecule has 0 radical (unpaired) electrons. The lowest BCUT2D eigenvalue weighted by molar-refractivity contribution is -0.384. The molecule has 2 aliphatic rings. The first-order chi connectivity index (χ1) is 16.6. The molecule has 1 aliphatic heterocycles. The molecule has 9 heteroatoms. The first-order valence-electron chi connectivity index (χ1n) is 11.2. The largest absolute Gasteiger partial charge is 0.456 e. The van der Waals surface area contributed by atoms with Crippen molar-refractivity contribution in [2.24, 2.45) is 4.99 Å². The number of aliphatic imine (C=N–C) groups is 1. The molecular formula is C25H22N4O4S. The average molecular weight is 475 g/mol. The molecule has 0 atom stereocenters. The SMILES string of the molecule is O=C1/C(=C\c2ccc(-c3ccccc3[N+](=O)[O-])o2)S/C(=N/c2ccccn2)N1C1CCCCC1. The second kappa shape index (κ2) is 9.64. The van der Waals surface area contributed by atoms with E-state index in [1.165, 1.54) is 24.2 Å². The number of amidine groups is 1. The van der Waals surface area contributed by atoms with E-state index in [-0.39, 0.29) is 17.6 Å². The highest BCUT2D eigenvalue weighted by atomic mass is 32.2. The van der Waals surface area contributed by atoms with Crippen LogP contribution in [-0.4, -0.2) is 31.9 Å². The van der Waals surface area contributed by atoms with Gasteiger partial charge in [-0.1, -0.05) is 37.5 Å². The predicted molar refractivity (Wildman–Crippen MR) is 131 cm³/mol. The lowest BCUT2D eigenvalue weighted by Crippen LogP contribution is -2.40. The van der Waals surface area contributed by atoms with Crippen molar-refractivity contribution in [1.82, 2.24) is 9.88 Å². The van der Waals surface area contributed by atoms with Crippen LogP contribution in [0, 0.1) is 10.1 Å². The van der Waals surface area contributed by atoms with E-state index in [9.17, 15) is 14.9 Å². The maximum Gasteiger partial charge on any atom is 0.280 e. The Morgan fingerprint density at radius 2 is 1.88 bits per heavy atom. The number of hydrogen-bond acceptors (Lipinski definition) is 7. The summed E-state index contributed by atoms with van der Waals surface area (Å²) in [5.41, 5.74) is 0.361. The highest BCUT2D eigenvalue weighted by molar-refractivity contribution is 8.18. The number of hydrogen-bond donors (Lipinski definition) is 0. The average Bonchev–Trinajstić information content (AvgIpc) is 3.45. The summed E-state index contributed by atoms with van der Waals surface area (Å²) in [6, 6.07) is 15.4. The summed E-state index contributed by atoms with van der Waals surface area (Å²) in [6.07, 6.45) is 8.62. The smallest absolute Gasteiger partial charge is 0.280 e. The number of carbonyl (C=O) groups is 1. The Hall–Kier alpha value is -3.72. The predicted octanol–water partition coefficient (Wildman–Crippen LogP) is 6.19. The topological polar surface area (TPSA) is 102 Å². The number of para-hydroxylation sites is 1. The van der Waals surface area contributed by atoms with Gasteiger partial charge < -0.3 is 4.42 Å². The summed E-state index contributed by atoms with van der Waals surface area (Å²) in [4.78, 5) is 35.6. The van der Waals surface area contributed by atoms with E-state index in [4.69, 9.17) is 4.42 Å². The van der Waals surface area contributed by atoms with Crippen molar-refractivity contribution in [3.63, 3.8) is 0 Å². The van der Waals surface area contributed by atoms with E-state index in [0.29, 0.717) is 33.0 Å². The van der Waals surface area contributed by atoms with E-state index in [0.717, 1.165) is 25.7 Å². The first kappa shape index (κ1) is 22.1. The Morgan fingerprint density at radius 1 is 1.09 bits per heavy atom. The maximum atomic E-state index is 13.4. The van der Waals surface area contributed by atoms with Crippen molar-refractivity contribution in [3.05, 3.63) is 81.6 Å². The molecule has 2 aromatic heterocycles. The molecule has 3 aromatic rings. The highest BCUT2D eigenvalue weighted by Gasteiger charge is 2.39. The summed E-state index contributed by atoms with van der Waals surface area (Å²) < 4.78 is 5.89. The molecule has 1 amide bonds. The Morgan fingerprint density at radius 3 is 2.65 bits per heavy atom. The van der Waals surface area contributed by atoms with Gasteiger partial charge in [0, 0.05) is 24.4 Å². The zero-order chi connectivity index (χ0) is 23.5. The van der Waals surface area contributed by atoms with E-state index >= 15 is 0 Å². The van der Waals surface area contributed by atoms with Crippen LogP contribution < -0.4 is 0 Å². The summed E-state index contributed by atoms with van der Waals surface area (Å²) in [7, 11) is 0. The number of nitrogens with zero attached hydrogens (tertiary/aromatic N) is 4. The van der Waals surface area contributed by atoms with Gasteiger partial charge in [-0.05, 0) is 54.9 Å². The van der Waals surface area contributed by atoms with Crippen LogP contribution in [0.4, 0.5) is 11.5 Å². The fourth-order valence-corrected chi connectivity index (χ4v) is 5.32. The number of thioether (sulfide) groups is 1. The number of rotatable bonds is 5. The third-order valence-electron chi connectivity index (χ3n) is 5.90. The Bertz CT molecular complexity index is 1280. The molecule has 2 fully saturated rings. The summed E-state index contributed by atoms with van der Waals surface area (Å²) in [5.74, 6) is 1.28. The van der Waals surface area contributed by atoms with Crippen LogP contribution in [0.25, 0.3) is 17.4 Å². The molecule has 5 rings (SSSR count). The minimum Gasteiger partial charge on any atom is -0.456 e. The van der Waals surface area contributed by atoms with Crippen molar-refractivity contribution in [2.75, 3.05) is 0 Å². The molecule has 172 valence electrons. The van der Waals surface area contributed by atoms with Crippen LogP contribution in [0.3, 0.4) is 0 Å². The Balaban J connectivity index is 1.47. The van der Waals surface area contributed by atoms with Gasteiger partial charge >= 0.3 is 0 Å². The van der Waals surface area contributed by atoms with E-state index in [1.54, 1.807) is 47.5 Å². The Labute approximate surface area is 200 Å². The number of furan rings is 1. The lowest BCUT2D eigenvalue weighted by atomic mass is 9.94. The van der Waals surface area contributed by atoms with Crippen LogP contribution in [-0.2, 0) is 4.79 Å². The monoisotopic (exact) mass is 474 g/mol. The number of carbonyl (C=O) groups excluding carboxylic acids is 1. The number of amides is 1. The van der Waals surface area contributed by atoms with Crippen LogP contribution >= 0.6 is 11.8 Å². The molecule has 3 heterocycles. The molecule has 34 heavy (non-hydrogen) atoms. The van der Waals surface area contributed by atoms with Crippen LogP contribution in [0.5, 0.6) is 0 Å². The van der Waals surface area contributed by atoms with Crippen molar-refractivity contribution < 1.29 is 14.1 Å². The zero-order valence-corrected chi connectivity index (χ0v) is 19.1. The van der Waals surface area contributed by atoms with Gasteiger partial charge in [-0.15, -0.1) is 0 Å². The molecule has 1 aromatic carbocycles. The van der Waals surface area contributed by atoms with E-state index in [2.05, 4.69) is 9.98 Å². The van der Waals surface area contributed by atoms with Gasteiger partial charge in [-0.25, -0.2) is 9.98 Å². The molecule has 1 saturated carbocycles. The number of pyridine rings is 1. The zero-order valence-electron chi connectivity index (χ0n) is 18.3. The molecule has 0 bridgehead atoms. The Kier molecular flexibility index (Phi) is 6.27. The summed E-state index contributed by atoms with van der Waals surface area (Å²) in [5, 5.41) is 12.0. The van der Waals surface area contributed by atoms with E-state index < -0.39 is 4.92 Å². The first-order valence-corrected chi connectivity index (χ1v) is 12.0. The second-order valence-electron chi connectivity index (χ2n) is 8.14. The minimum atomic E-state index is -0.436. The van der Waals surface area contributed by atoms with Gasteiger partial charge in [0.1, 0.15) is 11.5 Å². The fourth-order valence-electron chi connectivity index (χ4n) is 4.29. The van der Waals surface area contributed by atoms with Gasteiger partial charge in [0.05, 0.1) is 15.4 Å². The van der Waals surface area contributed by atoms with E-state index in [1.807, 2.05) is 18.2 Å². The van der Waals surface area contributed by atoms with Crippen molar-refractivity contribution in [1.29, 1.82) is 0 Å². The van der Waals surface area contributed by atoms with Gasteiger partial charge in [-0.2, -0.15) is 0 Å². The highest BCUT2D eigenvalue weighted by Crippen LogP contribution is 2.39. The molecule has 1 saturated heterocycles. The lowest BCUT2D eigenvalue weighted by Gasteiger charge is -2.30. The molecule has 0 spiro atoms. The normalized spacial score (nSPS) is 19.3.